The number of nitrogens with zero attached hydrogens (tertiary/aromatic N) is 1. The number of esters is 1. The maximum Gasteiger partial charge on any atom is 0.364 e. The number of benzene rings is 2. The summed E-state index contributed by atoms with van der Waals surface area (Å²) in [5, 5.41) is 0. The van der Waals surface area contributed by atoms with E-state index in [1.54, 1.807) is 0 Å². The van der Waals surface area contributed by atoms with Crippen molar-refractivity contribution in [2.75, 3.05) is 20.7 Å². The number of quaternary nitrogens is 1. The number of unbranched alkanes of at least 4 members (excludes halogenated alkanes) is 11. The molecule has 0 heterocycles. The van der Waals surface area contributed by atoms with Gasteiger partial charge in [-0.15, -0.1) is 0 Å². The predicted octanol–water partition coefficient (Wildman–Crippen LogP) is 8.91. The Labute approximate surface area is 239 Å². The fourth-order valence-corrected chi connectivity index (χ4v) is 4.97. The molecule has 218 valence electrons. The Morgan fingerprint density at radius 3 is 1.82 bits per heavy atom. The van der Waals surface area contributed by atoms with Crippen LogP contribution in [0.2, 0.25) is 0 Å². The minimum absolute atomic E-state index is 0.191. The molecular weight excluding hydrogens is 482 g/mol. The minimum Gasteiger partial charge on any atom is -0.487 e. The molecule has 4 nitrogen and oxygen atoms in total. The molecule has 0 aliphatic heterocycles. The van der Waals surface area contributed by atoms with Crippen molar-refractivity contribution in [2.24, 2.45) is 0 Å². The molecule has 0 fully saturated rings. The van der Waals surface area contributed by atoms with Crippen molar-refractivity contribution in [3.63, 3.8) is 0 Å². The first-order valence-electron chi connectivity index (χ1n) is 15.6. The number of hydrogen-bond acceptors (Lipinski definition) is 3. The van der Waals surface area contributed by atoms with Gasteiger partial charge in [-0.2, -0.15) is 0 Å². The van der Waals surface area contributed by atoms with Crippen molar-refractivity contribution < 1.29 is 18.8 Å². The maximum absolute atomic E-state index is 12.7. The minimum atomic E-state index is -0.267. The summed E-state index contributed by atoms with van der Waals surface area (Å²) in [4.78, 5) is 12.7. The molecule has 39 heavy (non-hydrogen) atoms. The highest BCUT2D eigenvalue weighted by Gasteiger charge is 2.32. The van der Waals surface area contributed by atoms with Crippen molar-refractivity contribution in [1.82, 2.24) is 0 Å². The van der Waals surface area contributed by atoms with Gasteiger partial charge in [0.05, 0.1) is 14.1 Å². The topological polar surface area (TPSA) is 35.5 Å². The Kier molecular flexibility index (Phi) is 15.9. The Hall–Kier alpha value is -2.33. The summed E-state index contributed by atoms with van der Waals surface area (Å²) in [5.74, 6) is 0.634. The van der Waals surface area contributed by atoms with E-state index in [1.807, 2.05) is 44.2 Å². The third kappa shape index (κ3) is 14.0. The fourth-order valence-electron chi connectivity index (χ4n) is 4.97. The van der Waals surface area contributed by atoms with Crippen LogP contribution in [-0.2, 0) is 22.5 Å². The van der Waals surface area contributed by atoms with Crippen LogP contribution >= 0.6 is 0 Å². The quantitative estimate of drug-likeness (QED) is 0.0904. The zero-order valence-electron chi connectivity index (χ0n) is 25.6. The first kappa shape index (κ1) is 32.9. The molecule has 0 amide bonds. The molecule has 0 aliphatic rings. The van der Waals surface area contributed by atoms with Crippen molar-refractivity contribution in [2.45, 2.75) is 123 Å². The molecular formula is C35H56NO3+. The van der Waals surface area contributed by atoms with E-state index >= 15 is 0 Å². The molecule has 2 unspecified atom stereocenters. The van der Waals surface area contributed by atoms with E-state index in [4.69, 9.17) is 9.47 Å². The van der Waals surface area contributed by atoms with Crippen molar-refractivity contribution >= 4 is 5.97 Å². The zero-order chi connectivity index (χ0) is 28.3. The average molecular weight is 539 g/mol. The van der Waals surface area contributed by atoms with Gasteiger partial charge in [-0.1, -0.05) is 120 Å². The van der Waals surface area contributed by atoms with Gasteiger partial charge in [-0.3, -0.25) is 0 Å². The molecule has 0 bridgehead atoms. The first-order valence-corrected chi connectivity index (χ1v) is 15.6. The summed E-state index contributed by atoms with van der Waals surface area (Å²) in [5.41, 5.74) is 2.57. The van der Waals surface area contributed by atoms with Gasteiger partial charge in [0.2, 0.25) is 0 Å². The molecule has 2 aromatic rings. The van der Waals surface area contributed by atoms with E-state index in [2.05, 4.69) is 45.3 Å². The summed E-state index contributed by atoms with van der Waals surface area (Å²) in [6.45, 7) is 7.18. The normalized spacial score (nSPS) is 13.2. The van der Waals surface area contributed by atoms with Gasteiger partial charge in [0, 0.05) is 5.56 Å². The number of likely N-dealkylation sites (N-methyl/N-ethyl adjacent to an activating group) is 1. The molecule has 0 N–H and O–H groups in total. The SMILES string of the molecule is CCCCCCCCCCCCCCc1ccc(OC(C)COC(=O)C(C)[N+](C)(C)Cc2ccccc2)cc1. The van der Waals surface area contributed by atoms with Crippen LogP contribution in [0.3, 0.4) is 0 Å². The lowest BCUT2D eigenvalue weighted by Gasteiger charge is -2.34. The van der Waals surface area contributed by atoms with Crippen LogP contribution in [0.4, 0.5) is 0 Å². The van der Waals surface area contributed by atoms with E-state index in [-0.39, 0.29) is 24.7 Å². The van der Waals surface area contributed by atoms with Crippen LogP contribution in [0, 0.1) is 0 Å². The number of rotatable bonds is 21. The lowest BCUT2D eigenvalue weighted by atomic mass is 10.0. The van der Waals surface area contributed by atoms with E-state index < -0.39 is 0 Å². The maximum atomic E-state index is 12.7. The number of carbonyl (C=O) groups is 1. The zero-order valence-corrected chi connectivity index (χ0v) is 25.6. The van der Waals surface area contributed by atoms with Gasteiger partial charge in [0.15, 0.2) is 6.04 Å². The Bertz CT molecular complexity index is 894. The number of hydrogen-bond donors (Lipinski definition) is 0. The molecule has 0 aromatic heterocycles. The predicted molar refractivity (Wildman–Crippen MR) is 164 cm³/mol. The molecule has 2 aromatic carbocycles. The van der Waals surface area contributed by atoms with Crippen LogP contribution in [0.25, 0.3) is 0 Å². The molecule has 2 rings (SSSR count). The van der Waals surface area contributed by atoms with Gasteiger partial charge in [0.25, 0.3) is 0 Å². The van der Waals surface area contributed by atoms with E-state index in [0.717, 1.165) is 18.7 Å². The molecule has 4 heteroatoms. The van der Waals surface area contributed by atoms with Crippen LogP contribution in [-0.4, -0.2) is 43.3 Å². The second-order valence-electron chi connectivity index (χ2n) is 11.9. The van der Waals surface area contributed by atoms with E-state index in [9.17, 15) is 4.79 Å². The standard InChI is InChI=1S/C35H56NO3/c1-6-7-8-9-10-11-12-13-14-15-16-18-21-32-24-26-34(27-25-32)39-30(2)29-38-35(37)31(3)36(4,5)28-33-22-19-17-20-23-33/h17,19-20,22-27,30-31H,6-16,18,21,28-29H2,1-5H3/q+1. The number of carbonyl (C=O) groups excluding carboxylic acids is 1. The molecule has 0 radical (unpaired) electrons. The molecule has 0 saturated heterocycles. The lowest BCUT2D eigenvalue weighted by molar-refractivity contribution is -0.917. The Morgan fingerprint density at radius 2 is 1.26 bits per heavy atom. The van der Waals surface area contributed by atoms with Gasteiger partial charge < -0.3 is 14.0 Å². The Balaban J connectivity index is 1.57. The van der Waals surface area contributed by atoms with E-state index in [1.165, 1.54) is 88.2 Å². The summed E-state index contributed by atoms with van der Waals surface area (Å²) in [7, 11) is 4.13. The van der Waals surface area contributed by atoms with Gasteiger partial charge in [0.1, 0.15) is 25.0 Å². The summed E-state index contributed by atoms with van der Waals surface area (Å²) < 4.78 is 12.2. The average Bonchev–Trinajstić information content (AvgIpc) is 2.93. The summed E-state index contributed by atoms with van der Waals surface area (Å²) >= 11 is 0. The number of ether oxygens (including phenoxy) is 2. The molecule has 2 atom stereocenters. The largest absolute Gasteiger partial charge is 0.487 e. The first-order chi connectivity index (χ1) is 18.8. The second-order valence-corrected chi connectivity index (χ2v) is 11.9. The van der Waals surface area contributed by atoms with Crippen molar-refractivity contribution in [1.29, 1.82) is 0 Å². The van der Waals surface area contributed by atoms with Crippen molar-refractivity contribution in [3.05, 3.63) is 65.7 Å². The van der Waals surface area contributed by atoms with Crippen LogP contribution in [0.15, 0.2) is 54.6 Å². The van der Waals surface area contributed by atoms with Crippen LogP contribution in [0.1, 0.15) is 109 Å². The van der Waals surface area contributed by atoms with Gasteiger partial charge in [-0.25, -0.2) is 4.79 Å². The lowest BCUT2D eigenvalue weighted by Crippen LogP contribution is -2.51. The van der Waals surface area contributed by atoms with Gasteiger partial charge >= 0.3 is 5.97 Å². The van der Waals surface area contributed by atoms with Crippen molar-refractivity contribution in [3.8, 4) is 5.75 Å². The highest BCUT2D eigenvalue weighted by molar-refractivity contribution is 5.74. The monoisotopic (exact) mass is 538 g/mol. The Morgan fingerprint density at radius 1 is 0.718 bits per heavy atom. The van der Waals surface area contributed by atoms with Crippen LogP contribution in [0.5, 0.6) is 5.75 Å². The molecule has 0 spiro atoms. The van der Waals surface area contributed by atoms with Gasteiger partial charge in [-0.05, 0) is 44.4 Å². The second kappa shape index (κ2) is 18.9. The van der Waals surface area contributed by atoms with E-state index in [0.29, 0.717) is 4.48 Å². The highest BCUT2D eigenvalue weighted by Crippen LogP contribution is 2.18. The molecule has 0 saturated carbocycles. The third-order valence-electron chi connectivity index (χ3n) is 7.86. The third-order valence-corrected chi connectivity index (χ3v) is 7.86. The number of aryl methyl sites for hydroxylation is 1. The molecule has 0 aliphatic carbocycles. The highest BCUT2D eigenvalue weighted by atomic mass is 16.6. The summed E-state index contributed by atoms with van der Waals surface area (Å²) in [6.07, 6.45) is 17.5. The smallest absolute Gasteiger partial charge is 0.364 e. The summed E-state index contributed by atoms with van der Waals surface area (Å²) in [6, 6.07) is 18.4. The van der Waals surface area contributed by atoms with Crippen LogP contribution < -0.4 is 4.74 Å². The fraction of sp³-hybridized carbons (Fsp3) is 0.629.